The molecule has 0 saturated heterocycles. The van der Waals surface area contributed by atoms with Gasteiger partial charge in [0.25, 0.3) is 0 Å². The highest BCUT2D eigenvalue weighted by Crippen LogP contribution is 2.36. The quantitative estimate of drug-likeness (QED) is 0.425. The number of rotatable bonds is 3. The third-order valence-corrected chi connectivity index (χ3v) is 5.78. The van der Waals surface area contributed by atoms with Gasteiger partial charge in [0, 0.05) is 5.56 Å². The van der Waals surface area contributed by atoms with Gasteiger partial charge in [0.2, 0.25) is 0 Å². The molecular formula is C27H23F3. The zero-order valence-electron chi connectivity index (χ0n) is 16.9. The molecule has 0 bridgehead atoms. The summed E-state index contributed by atoms with van der Waals surface area (Å²) in [5, 5.41) is 0. The smallest absolute Gasteiger partial charge is 0.142 e. The SMILES string of the molecule is CCCc1ccc(C2CCc3c(ccc(C#Cc4ccc(F)cc4)c3F)C2)c(F)c1. The maximum atomic E-state index is 15.0. The van der Waals surface area contributed by atoms with Crippen LogP contribution in [0.4, 0.5) is 13.2 Å². The summed E-state index contributed by atoms with van der Waals surface area (Å²) in [6.45, 7) is 2.08. The van der Waals surface area contributed by atoms with Crippen LogP contribution in [0.5, 0.6) is 0 Å². The van der Waals surface area contributed by atoms with Gasteiger partial charge in [-0.2, -0.15) is 0 Å². The molecule has 3 heteroatoms. The molecule has 0 aliphatic heterocycles. The van der Waals surface area contributed by atoms with E-state index >= 15 is 4.39 Å². The molecule has 0 radical (unpaired) electrons. The van der Waals surface area contributed by atoms with Crippen molar-refractivity contribution in [3.8, 4) is 11.8 Å². The number of fused-ring (bicyclic) bond motifs is 1. The molecule has 1 aliphatic carbocycles. The highest BCUT2D eigenvalue weighted by Gasteiger charge is 2.25. The van der Waals surface area contributed by atoms with E-state index in [0.717, 1.165) is 29.5 Å². The summed E-state index contributed by atoms with van der Waals surface area (Å²) in [7, 11) is 0. The summed E-state index contributed by atoms with van der Waals surface area (Å²) in [4.78, 5) is 0. The van der Waals surface area contributed by atoms with Crippen LogP contribution >= 0.6 is 0 Å². The molecule has 0 nitrogen and oxygen atoms in total. The van der Waals surface area contributed by atoms with Gasteiger partial charge >= 0.3 is 0 Å². The Hall–Kier alpha value is -2.99. The second-order valence-corrected chi connectivity index (χ2v) is 7.87. The van der Waals surface area contributed by atoms with E-state index in [4.69, 9.17) is 0 Å². The first kappa shape index (κ1) is 20.3. The minimum atomic E-state index is -0.327. The molecule has 4 rings (SSSR count). The number of benzene rings is 3. The Balaban J connectivity index is 1.56. The fourth-order valence-electron chi connectivity index (χ4n) is 4.19. The Labute approximate surface area is 175 Å². The minimum Gasteiger partial charge on any atom is -0.207 e. The maximum Gasteiger partial charge on any atom is 0.142 e. The van der Waals surface area contributed by atoms with Gasteiger partial charge < -0.3 is 0 Å². The highest BCUT2D eigenvalue weighted by molar-refractivity contribution is 5.48. The van der Waals surface area contributed by atoms with E-state index in [-0.39, 0.29) is 23.4 Å². The van der Waals surface area contributed by atoms with Gasteiger partial charge in [-0.25, -0.2) is 13.2 Å². The molecule has 0 saturated carbocycles. The van der Waals surface area contributed by atoms with Crippen LogP contribution in [-0.4, -0.2) is 0 Å². The van der Waals surface area contributed by atoms with Crippen molar-refractivity contribution >= 4 is 0 Å². The molecule has 3 aromatic carbocycles. The molecular weight excluding hydrogens is 381 g/mol. The number of aryl methyl sites for hydroxylation is 1. The molecule has 0 aromatic heterocycles. The van der Waals surface area contributed by atoms with E-state index in [9.17, 15) is 8.78 Å². The van der Waals surface area contributed by atoms with Gasteiger partial charge in [0.05, 0.1) is 5.56 Å². The average molecular weight is 404 g/mol. The molecule has 1 atom stereocenters. The fourth-order valence-corrected chi connectivity index (χ4v) is 4.19. The normalized spacial score (nSPS) is 15.3. The lowest BCUT2D eigenvalue weighted by atomic mass is 9.79. The topological polar surface area (TPSA) is 0 Å². The molecule has 0 spiro atoms. The predicted octanol–water partition coefficient (Wildman–Crippen LogP) is 6.73. The van der Waals surface area contributed by atoms with Crippen LogP contribution in [0.1, 0.15) is 59.1 Å². The van der Waals surface area contributed by atoms with Crippen molar-refractivity contribution in [2.24, 2.45) is 0 Å². The molecule has 0 fully saturated rings. The van der Waals surface area contributed by atoms with Crippen LogP contribution in [-0.2, 0) is 19.3 Å². The van der Waals surface area contributed by atoms with Gasteiger partial charge in [0.15, 0.2) is 0 Å². The van der Waals surface area contributed by atoms with Crippen LogP contribution < -0.4 is 0 Å². The summed E-state index contributed by atoms with van der Waals surface area (Å²) in [6, 6.07) is 15.0. The Morgan fingerprint density at radius 3 is 2.47 bits per heavy atom. The van der Waals surface area contributed by atoms with Gasteiger partial charge in [-0.3, -0.25) is 0 Å². The Kier molecular flexibility index (Phi) is 5.95. The van der Waals surface area contributed by atoms with Crippen molar-refractivity contribution in [2.45, 2.75) is 44.9 Å². The van der Waals surface area contributed by atoms with Gasteiger partial charge in [-0.05, 0) is 90.3 Å². The molecule has 0 heterocycles. The lowest BCUT2D eigenvalue weighted by Crippen LogP contribution is -2.16. The van der Waals surface area contributed by atoms with E-state index in [2.05, 4.69) is 18.8 Å². The monoisotopic (exact) mass is 404 g/mol. The number of halogens is 3. The van der Waals surface area contributed by atoms with Crippen molar-refractivity contribution in [1.29, 1.82) is 0 Å². The van der Waals surface area contributed by atoms with Crippen molar-refractivity contribution < 1.29 is 13.2 Å². The zero-order chi connectivity index (χ0) is 21.1. The van der Waals surface area contributed by atoms with Crippen LogP contribution in [0.2, 0.25) is 0 Å². The molecule has 0 N–H and O–H groups in total. The second-order valence-electron chi connectivity index (χ2n) is 7.87. The summed E-state index contributed by atoms with van der Waals surface area (Å²) in [5.74, 6) is 5.03. The lowest BCUT2D eigenvalue weighted by Gasteiger charge is -2.26. The highest BCUT2D eigenvalue weighted by atomic mass is 19.1. The Morgan fingerprint density at radius 2 is 1.73 bits per heavy atom. The van der Waals surface area contributed by atoms with Crippen LogP contribution in [0, 0.1) is 29.3 Å². The first-order valence-corrected chi connectivity index (χ1v) is 10.4. The van der Waals surface area contributed by atoms with E-state index in [1.165, 1.54) is 12.1 Å². The second kappa shape index (κ2) is 8.79. The molecule has 152 valence electrons. The first-order valence-electron chi connectivity index (χ1n) is 10.4. The standard InChI is InChI=1S/C27H23F3/c1-2-3-19-7-14-24(26(29)16-19)21-11-15-25-22(17-21)10-9-20(27(25)30)8-4-18-5-12-23(28)13-6-18/h5-7,9-10,12-14,16,21H,2-3,11,15,17H2,1H3. The van der Waals surface area contributed by atoms with Gasteiger partial charge in [0.1, 0.15) is 17.5 Å². The summed E-state index contributed by atoms with van der Waals surface area (Å²) in [5.41, 5.74) is 4.32. The predicted molar refractivity (Wildman–Crippen MR) is 114 cm³/mol. The van der Waals surface area contributed by atoms with Crippen molar-refractivity contribution in [2.75, 3.05) is 0 Å². The summed E-state index contributed by atoms with van der Waals surface area (Å²) >= 11 is 0. The average Bonchev–Trinajstić information content (AvgIpc) is 2.75. The maximum absolute atomic E-state index is 15.0. The summed E-state index contributed by atoms with van der Waals surface area (Å²) in [6.07, 6.45) is 3.76. The Morgan fingerprint density at radius 1 is 0.933 bits per heavy atom. The zero-order valence-corrected chi connectivity index (χ0v) is 16.9. The van der Waals surface area contributed by atoms with E-state index in [0.29, 0.717) is 36.0 Å². The van der Waals surface area contributed by atoms with Gasteiger partial charge in [-0.15, -0.1) is 0 Å². The molecule has 0 amide bonds. The van der Waals surface area contributed by atoms with E-state index < -0.39 is 0 Å². The lowest BCUT2D eigenvalue weighted by molar-refractivity contribution is 0.514. The molecule has 1 unspecified atom stereocenters. The van der Waals surface area contributed by atoms with Gasteiger partial charge in [-0.1, -0.05) is 43.4 Å². The number of hydrogen-bond acceptors (Lipinski definition) is 0. The van der Waals surface area contributed by atoms with Crippen molar-refractivity contribution in [3.05, 3.63) is 105 Å². The van der Waals surface area contributed by atoms with Crippen LogP contribution in [0.25, 0.3) is 0 Å². The van der Waals surface area contributed by atoms with Crippen molar-refractivity contribution in [1.82, 2.24) is 0 Å². The first-order chi connectivity index (χ1) is 14.5. The van der Waals surface area contributed by atoms with Crippen LogP contribution in [0.3, 0.4) is 0 Å². The minimum absolute atomic E-state index is 0.0590. The summed E-state index contributed by atoms with van der Waals surface area (Å²) < 4.78 is 42.7. The largest absolute Gasteiger partial charge is 0.207 e. The van der Waals surface area contributed by atoms with E-state index in [1.54, 1.807) is 24.3 Å². The van der Waals surface area contributed by atoms with E-state index in [1.807, 2.05) is 18.2 Å². The fraction of sp³-hybridized carbons (Fsp3) is 0.259. The molecule has 30 heavy (non-hydrogen) atoms. The van der Waals surface area contributed by atoms with Crippen LogP contribution in [0.15, 0.2) is 54.6 Å². The third kappa shape index (κ3) is 4.28. The molecule has 3 aromatic rings. The van der Waals surface area contributed by atoms with Crippen molar-refractivity contribution in [3.63, 3.8) is 0 Å². The number of hydrogen-bond donors (Lipinski definition) is 0. The third-order valence-electron chi connectivity index (χ3n) is 5.78. The Bertz CT molecular complexity index is 1120. The molecule has 1 aliphatic rings.